The van der Waals surface area contributed by atoms with Crippen LogP contribution in [-0.4, -0.2) is 11.3 Å². The van der Waals surface area contributed by atoms with Gasteiger partial charge in [0.15, 0.2) is 0 Å². The van der Waals surface area contributed by atoms with Gasteiger partial charge in [0, 0.05) is 0 Å². The fourth-order valence-electron chi connectivity index (χ4n) is 3.50. The topological polar surface area (TPSA) is 0 Å². The van der Waals surface area contributed by atoms with Gasteiger partial charge in [-0.1, -0.05) is 84.5 Å². The molecule has 0 unspecified atom stereocenters. The van der Waals surface area contributed by atoms with Crippen molar-refractivity contribution in [2.75, 3.05) is 0 Å². The van der Waals surface area contributed by atoms with Crippen LogP contribution in [-0.2, 0) is 24.2 Å². The zero-order valence-corrected chi connectivity index (χ0v) is 22.2. The number of hydrogen-bond acceptors (Lipinski definition) is 0. The second-order valence-electron chi connectivity index (χ2n) is 8.28. The van der Waals surface area contributed by atoms with Gasteiger partial charge < -0.3 is 24.8 Å². The molecule has 0 amide bonds. The van der Waals surface area contributed by atoms with E-state index < -0.39 is 8.07 Å². The van der Waals surface area contributed by atoms with Crippen LogP contribution in [0.5, 0.6) is 0 Å². The van der Waals surface area contributed by atoms with Gasteiger partial charge in [0.1, 0.15) is 0 Å². The van der Waals surface area contributed by atoms with Gasteiger partial charge in [0.2, 0.25) is 0 Å². The van der Waals surface area contributed by atoms with E-state index in [1.54, 1.807) is 29.4 Å². The smallest absolute Gasteiger partial charge is 0.0771 e. The van der Waals surface area contributed by atoms with E-state index in [4.69, 9.17) is 0 Å². The molecule has 0 radical (unpaired) electrons. The zero-order valence-electron chi connectivity index (χ0n) is 17.2. The first kappa shape index (κ1) is 25.4. The zero-order chi connectivity index (χ0) is 18.9. The molecule has 4 rings (SSSR count). The first-order valence-electron chi connectivity index (χ1n) is 9.28. The molecule has 0 heterocycles. The summed E-state index contributed by atoms with van der Waals surface area (Å²) < 4.78 is 1.51. The van der Waals surface area contributed by atoms with Crippen molar-refractivity contribution < 1.29 is 49.0 Å². The summed E-state index contributed by atoms with van der Waals surface area (Å²) in [5.74, 6) is 0. The molecule has 1 aliphatic carbocycles. The summed E-state index contributed by atoms with van der Waals surface area (Å²) in [6.45, 7) is 11.5. The molecule has 0 bridgehead atoms. The third-order valence-electron chi connectivity index (χ3n) is 4.74. The quantitative estimate of drug-likeness (QED) is 0.361. The van der Waals surface area contributed by atoms with Crippen LogP contribution in [0, 0.1) is 0 Å². The largest absolute Gasteiger partial charge is 1.00 e. The molecule has 3 aromatic rings. The molecule has 0 N–H and O–H groups in total. The van der Waals surface area contributed by atoms with Crippen LogP contribution < -0.4 is 24.8 Å². The molecule has 0 saturated carbocycles. The number of benzene rings is 2. The maximum atomic E-state index is 2.46. The van der Waals surface area contributed by atoms with Gasteiger partial charge in [0.05, 0.1) is 8.07 Å². The Morgan fingerprint density at radius 2 is 1.54 bits per heavy atom. The molecule has 4 heteroatoms. The van der Waals surface area contributed by atoms with Gasteiger partial charge >= 0.3 is 41.3 Å². The van der Waals surface area contributed by atoms with E-state index in [1.807, 2.05) is 0 Å². The summed E-state index contributed by atoms with van der Waals surface area (Å²) in [7, 11) is -1.21. The van der Waals surface area contributed by atoms with E-state index in [-0.39, 0.29) is 24.8 Å². The summed E-state index contributed by atoms with van der Waals surface area (Å²) in [5, 5.41) is 7.10. The van der Waals surface area contributed by atoms with Crippen LogP contribution in [0.2, 0.25) is 19.6 Å². The number of allylic oxidation sites excluding steroid dienone is 4. The van der Waals surface area contributed by atoms with Crippen molar-refractivity contribution in [2.45, 2.75) is 39.9 Å². The molecule has 0 nitrogen and oxygen atoms in total. The molecule has 0 atom stereocenters. The van der Waals surface area contributed by atoms with Crippen LogP contribution in [0.3, 0.4) is 0 Å². The van der Waals surface area contributed by atoms with Gasteiger partial charge in [0.25, 0.3) is 0 Å². The van der Waals surface area contributed by atoms with Crippen molar-refractivity contribution in [3.8, 4) is 0 Å². The Hall–Kier alpha value is -0.660. The van der Waals surface area contributed by atoms with E-state index >= 15 is 0 Å². The van der Waals surface area contributed by atoms with Gasteiger partial charge in [-0.2, -0.15) is 0 Å². The number of fused-ring (bicyclic) bond motifs is 3. The Bertz CT molecular complexity index is 1030. The summed E-state index contributed by atoms with van der Waals surface area (Å²) in [6, 6.07) is 17.8. The molecule has 0 spiro atoms. The van der Waals surface area contributed by atoms with Gasteiger partial charge in [-0.15, -0.1) is 33.7 Å². The molecule has 1 aliphatic rings. The summed E-state index contributed by atoms with van der Waals surface area (Å²) in [6.07, 6.45) is 5.99. The van der Waals surface area contributed by atoms with Crippen LogP contribution in [0.15, 0.2) is 65.9 Å². The van der Waals surface area contributed by atoms with E-state index in [0.717, 1.165) is 6.42 Å². The Morgan fingerprint density at radius 3 is 2.14 bits per heavy atom. The van der Waals surface area contributed by atoms with Gasteiger partial charge in [-0.3, -0.25) is 0 Å². The Morgan fingerprint density at radius 1 is 0.929 bits per heavy atom. The maximum Gasteiger partial charge on any atom is 0.0771 e. The van der Waals surface area contributed by atoms with Crippen molar-refractivity contribution in [1.82, 2.24) is 0 Å². The fraction of sp³-hybridized carbons (Fsp3) is 0.250. The average Bonchev–Trinajstić information content (AvgIpc) is 3.18. The van der Waals surface area contributed by atoms with Crippen LogP contribution in [0.25, 0.3) is 27.1 Å². The third-order valence-corrected chi connectivity index (χ3v) is 6.82. The average molecular weight is 506 g/mol. The second-order valence-corrected chi connectivity index (χ2v) is 15.8. The first-order valence-corrected chi connectivity index (χ1v) is 14.0. The molecule has 0 aromatic heterocycles. The van der Waals surface area contributed by atoms with Crippen LogP contribution in [0.4, 0.5) is 0 Å². The SMILES string of the molecule is C[C](C)=[Zr+2].C[Si](C)(C)C1=CCC(c2cccc3c2[cH-]c2ccccc23)=C1.[Cl-].[Cl-]. The molecule has 146 valence electrons. The van der Waals surface area contributed by atoms with E-state index in [9.17, 15) is 0 Å². The van der Waals surface area contributed by atoms with E-state index in [1.165, 1.54) is 35.9 Å². The predicted molar refractivity (Wildman–Crippen MR) is 117 cm³/mol. The Balaban J connectivity index is 0.000000601. The summed E-state index contributed by atoms with van der Waals surface area (Å²) >= 11 is 1.55. The monoisotopic (exact) mass is 503 g/mol. The summed E-state index contributed by atoms with van der Waals surface area (Å²) in [4.78, 5) is 0. The standard InChI is InChI=1S/C21H21Si.C3H6.2ClH.Zr/c1-22(2,3)17-12-11-16(13-17)19-9-6-10-20-18-8-5-4-7-15(18)14-21(19)20;1-3-2;;;/h4-10,12-14H,11H2,1-3H3;1-2H3;2*1H;/q-1;;;;+2/p-2. The van der Waals surface area contributed by atoms with Crippen molar-refractivity contribution in [3.05, 3.63) is 71.4 Å². The third kappa shape index (κ3) is 5.70. The van der Waals surface area contributed by atoms with Crippen LogP contribution in [0.1, 0.15) is 25.8 Å². The number of halogens is 2. The first-order chi connectivity index (χ1) is 12.3. The van der Waals surface area contributed by atoms with Crippen molar-refractivity contribution >= 4 is 38.4 Å². The molecule has 0 saturated heterocycles. The molecular weight excluding hydrogens is 478 g/mol. The van der Waals surface area contributed by atoms with Gasteiger partial charge in [-0.25, -0.2) is 0 Å². The molecule has 28 heavy (non-hydrogen) atoms. The Labute approximate surface area is 197 Å². The minimum Gasteiger partial charge on any atom is -1.00 e. The van der Waals surface area contributed by atoms with Crippen molar-refractivity contribution in [2.24, 2.45) is 0 Å². The maximum absolute atomic E-state index is 2.46. The van der Waals surface area contributed by atoms with Crippen LogP contribution >= 0.6 is 0 Å². The molecule has 0 fully saturated rings. The minimum absolute atomic E-state index is 0. The predicted octanol–water partition coefficient (Wildman–Crippen LogP) is 1.06. The molecule has 3 aromatic carbocycles. The Kier molecular flexibility index (Phi) is 9.42. The number of rotatable bonds is 2. The van der Waals surface area contributed by atoms with E-state index in [2.05, 4.69) is 94.2 Å². The summed E-state index contributed by atoms with van der Waals surface area (Å²) in [5.41, 5.74) is 2.90. The van der Waals surface area contributed by atoms with Crippen molar-refractivity contribution in [1.29, 1.82) is 0 Å². The fourth-order valence-corrected chi connectivity index (χ4v) is 4.82. The molecular formula is C24H27Cl2SiZr-. The second kappa shape index (κ2) is 10.4. The molecule has 0 aliphatic heterocycles. The van der Waals surface area contributed by atoms with E-state index in [0.29, 0.717) is 0 Å². The van der Waals surface area contributed by atoms with Gasteiger partial charge in [-0.05, 0) is 6.42 Å². The van der Waals surface area contributed by atoms with Crippen molar-refractivity contribution in [3.63, 3.8) is 0 Å². The normalized spacial score (nSPS) is 13.1. The number of hydrogen-bond donors (Lipinski definition) is 0. The minimum atomic E-state index is -1.21.